The number of unbranched alkanes of at least 4 members (excludes halogenated alkanes) is 1. The molecule has 1 aromatic carbocycles. The Labute approximate surface area is 130 Å². The molecular weight excluding hydrogens is 276 g/mol. The van der Waals surface area contributed by atoms with E-state index in [-0.39, 0.29) is 0 Å². The number of hydrogen-bond acceptors (Lipinski definition) is 4. The zero-order chi connectivity index (χ0) is 15.4. The highest BCUT2D eigenvalue weighted by Crippen LogP contribution is 2.41. The number of ether oxygens (including phenoxy) is 1. The van der Waals surface area contributed by atoms with Crippen molar-refractivity contribution < 1.29 is 4.74 Å². The molecule has 5 nitrogen and oxygen atoms in total. The minimum Gasteiger partial charge on any atom is -0.494 e. The summed E-state index contributed by atoms with van der Waals surface area (Å²) in [7, 11) is 0. The lowest BCUT2D eigenvalue weighted by Gasteiger charge is -2.08. The molecule has 0 spiro atoms. The van der Waals surface area contributed by atoms with Gasteiger partial charge in [-0.1, -0.05) is 17.3 Å². The van der Waals surface area contributed by atoms with E-state index in [9.17, 15) is 0 Å². The van der Waals surface area contributed by atoms with Gasteiger partial charge in [0.2, 0.25) is 0 Å². The Balaban J connectivity index is 1.46. The monoisotopic (exact) mass is 296 g/mol. The SMILES string of the molecule is Cc1cccc(OCCCCn2nnc(C#N)c2C2CC2)c1. The third-order valence-corrected chi connectivity index (χ3v) is 3.87. The Morgan fingerprint density at radius 1 is 1.36 bits per heavy atom. The maximum Gasteiger partial charge on any atom is 0.186 e. The van der Waals surface area contributed by atoms with Crippen molar-refractivity contribution in [3.63, 3.8) is 0 Å². The summed E-state index contributed by atoms with van der Waals surface area (Å²) in [6.07, 6.45) is 4.23. The van der Waals surface area contributed by atoms with Crippen molar-refractivity contribution in [2.45, 2.75) is 45.1 Å². The fraction of sp³-hybridized carbons (Fsp3) is 0.471. The molecule has 0 unspecified atom stereocenters. The average Bonchev–Trinajstić information content (AvgIpc) is 3.27. The fourth-order valence-corrected chi connectivity index (χ4v) is 2.58. The molecule has 1 heterocycles. The van der Waals surface area contributed by atoms with Crippen molar-refractivity contribution in [3.8, 4) is 11.8 Å². The van der Waals surface area contributed by atoms with Gasteiger partial charge in [0.15, 0.2) is 5.69 Å². The van der Waals surface area contributed by atoms with Gasteiger partial charge in [-0.25, -0.2) is 4.68 Å². The first-order valence-corrected chi connectivity index (χ1v) is 7.81. The van der Waals surface area contributed by atoms with Crippen molar-refractivity contribution in [1.29, 1.82) is 5.26 Å². The summed E-state index contributed by atoms with van der Waals surface area (Å²) in [5.41, 5.74) is 2.74. The van der Waals surface area contributed by atoms with Crippen LogP contribution in [0, 0.1) is 18.3 Å². The Hall–Kier alpha value is -2.35. The van der Waals surface area contributed by atoms with Crippen molar-refractivity contribution in [3.05, 3.63) is 41.2 Å². The van der Waals surface area contributed by atoms with Gasteiger partial charge in [0.1, 0.15) is 11.8 Å². The lowest BCUT2D eigenvalue weighted by Crippen LogP contribution is -2.07. The second kappa shape index (κ2) is 6.61. The Bertz CT molecular complexity index is 682. The molecule has 1 aromatic heterocycles. The molecule has 0 atom stereocenters. The molecular formula is C17H20N4O. The van der Waals surface area contributed by atoms with E-state index in [4.69, 9.17) is 10.00 Å². The van der Waals surface area contributed by atoms with Gasteiger partial charge in [-0.05, 0) is 50.3 Å². The van der Waals surface area contributed by atoms with Gasteiger partial charge in [0.25, 0.3) is 0 Å². The van der Waals surface area contributed by atoms with Crippen LogP contribution in [0.2, 0.25) is 0 Å². The molecule has 1 fully saturated rings. The molecule has 114 valence electrons. The zero-order valence-electron chi connectivity index (χ0n) is 12.8. The topological polar surface area (TPSA) is 63.7 Å². The van der Waals surface area contributed by atoms with Gasteiger partial charge in [0.05, 0.1) is 12.3 Å². The highest BCUT2D eigenvalue weighted by atomic mass is 16.5. The van der Waals surface area contributed by atoms with E-state index in [1.165, 1.54) is 5.56 Å². The van der Waals surface area contributed by atoms with Gasteiger partial charge < -0.3 is 4.74 Å². The Morgan fingerprint density at radius 3 is 2.95 bits per heavy atom. The molecule has 0 amide bonds. The molecule has 3 rings (SSSR count). The van der Waals surface area contributed by atoms with E-state index in [1.807, 2.05) is 22.9 Å². The van der Waals surface area contributed by atoms with Gasteiger partial charge in [-0.2, -0.15) is 5.26 Å². The summed E-state index contributed by atoms with van der Waals surface area (Å²) in [4.78, 5) is 0. The minimum absolute atomic E-state index is 0.494. The fourth-order valence-electron chi connectivity index (χ4n) is 2.58. The van der Waals surface area contributed by atoms with Crippen LogP contribution >= 0.6 is 0 Å². The first-order chi connectivity index (χ1) is 10.8. The number of aryl methyl sites for hydroxylation is 2. The molecule has 22 heavy (non-hydrogen) atoms. The van der Waals surface area contributed by atoms with E-state index >= 15 is 0 Å². The van der Waals surface area contributed by atoms with Crippen LogP contribution in [-0.4, -0.2) is 21.6 Å². The van der Waals surface area contributed by atoms with Crippen LogP contribution in [0.1, 0.15) is 48.6 Å². The number of hydrogen-bond donors (Lipinski definition) is 0. The average molecular weight is 296 g/mol. The van der Waals surface area contributed by atoms with Gasteiger partial charge in [-0.3, -0.25) is 0 Å². The lowest BCUT2D eigenvalue weighted by atomic mass is 10.2. The number of benzene rings is 1. The standard InChI is InChI=1S/C17H20N4O/c1-13-5-4-6-15(11-13)22-10-3-2-9-21-17(14-7-8-14)16(12-18)19-20-21/h4-6,11,14H,2-3,7-10H2,1H3. The van der Waals surface area contributed by atoms with Crippen LogP contribution < -0.4 is 4.74 Å². The first kappa shape index (κ1) is 14.6. The number of nitriles is 1. The third-order valence-electron chi connectivity index (χ3n) is 3.87. The second-order valence-corrected chi connectivity index (χ2v) is 5.80. The third kappa shape index (κ3) is 3.45. The van der Waals surface area contributed by atoms with Crippen LogP contribution in [0.3, 0.4) is 0 Å². The van der Waals surface area contributed by atoms with E-state index in [2.05, 4.69) is 29.4 Å². The van der Waals surface area contributed by atoms with Gasteiger partial charge in [-0.15, -0.1) is 5.10 Å². The van der Waals surface area contributed by atoms with E-state index in [1.54, 1.807) is 0 Å². The van der Waals surface area contributed by atoms with Gasteiger partial charge >= 0.3 is 0 Å². The summed E-state index contributed by atoms with van der Waals surface area (Å²) in [6.45, 7) is 3.56. The zero-order valence-corrected chi connectivity index (χ0v) is 12.8. The number of aromatic nitrogens is 3. The highest BCUT2D eigenvalue weighted by molar-refractivity contribution is 5.30. The molecule has 0 radical (unpaired) electrons. The maximum absolute atomic E-state index is 9.08. The van der Waals surface area contributed by atoms with Crippen molar-refractivity contribution >= 4 is 0 Å². The maximum atomic E-state index is 9.08. The molecule has 0 N–H and O–H groups in total. The molecule has 0 bridgehead atoms. The summed E-state index contributed by atoms with van der Waals surface area (Å²) >= 11 is 0. The predicted octanol–water partition coefficient (Wildman–Crippen LogP) is 3.19. The first-order valence-electron chi connectivity index (χ1n) is 7.81. The normalized spacial score (nSPS) is 13.8. The molecule has 1 aliphatic carbocycles. The lowest BCUT2D eigenvalue weighted by molar-refractivity contribution is 0.301. The molecule has 2 aromatic rings. The van der Waals surface area contributed by atoms with Crippen LogP contribution in [0.25, 0.3) is 0 Å². The summed E-state index contributed by atoms with van der Waals surface area (Å²) in [6, 6.07) is 10.2. The Morgan fingerprint density at radius 2 is 2.23 bits per heavy atom. The van der Waals surface area contributed by atoms with E-state index in [0.29, 0.717) is 18.2 Å². The Kier molecular flexibility index (Phi) is 4.38. The van der Waals surface area contributed by atoms with Crippen LogP contribution in [0.15, 0.2) is 24.3 Å². The smallest absolute Gasteiger partial charge is 0.186 e. The second-order valence-electron chi connectivity index (χ2n) is 5.80. The van der Waals surface area contributed by atoms with Crippen molar-refractivity contribution in [2.75, 3.05) is 6.61 Å². The predicted molar refractivity (Wildman–Crippen MR) is 82.6 cm³/mol. The molecule has 5 heteroatoms. The molecule has 0 saturated heterocycles. The molecule has 1 aliphatic rings. The quantitative estimate of drug-likeness (QED) is 0.736. The van der Waals surface area contributed by atoms with Crippen LogP contribution in [0.4, 0.5) is 0 Å². The van der Waals surface area contributed by atoms with Crippen molar-refractivity contribution in [2.24, 2.45) is 0 Å². The number of nitrogens with zero attached hydrogens (tertiary/aromatic N) is 4. The molecule has 1 saturated carbocycles. The summed E-state index contributed by atoms with van der Waals surface area (Å²) < 4.78 is 7.65. The molecule has 0 aliphatic heterocycles. The van der Waals surface area contributed by atoms with Gasteiger partial charge in [0, 0.05) is 12.5 Å². The van der Waals surface area contributed by atoms with Crippen molar-refractivity contribution in [1.82, 2.24) is 15.0 Å². The van der Waals surface area contributed by atoms with Crippen LogP contribution in [-0.2, 0) is 6.54 Å². The van der Waals surface area contributed by atoms with E-state index in [0.717, 1.165) is 43.7 Å². The number of rotatable bonds is 7. The highest BCUT2D eigenvalue weighted by Gasteiger charge is 2.31. The summed E-state index contributed by atoms with van der Waals surface area (Å²) in [5, 5.41) is 17.2. The largest absolute Gasteiger partial charge is 0.494 e. The van der Waals surface area contributed by atoms with Crippen LogP contribution in [0.5, 0.6) is 5.75 Å². The summed E-state index contributed by atoms with van der Waals surface area (Å²) in [5.74, 6) is 1.42. The van der Waals surface area contributed by atoms with E-state index < -0.39 is 0 Å². The minimum atomic E-state index is 0.494.